The Morgan fingerprint density at radius 2 is 1.90 bits per heavy atom. The molecule has 1 aliphatic heterocycles. The fraction of sp³-hybridized carbons (Fsp3) is 0.625. The van der Waals surface area contributed by atoms with Gasteiger partial charge in [0.1, 0.15) is 11.9 Å². The van der Waals surface area contributed by atoms with Gasteiger partial charge in [0.05, 0.1) is 13.7 Å². The summed E-state index contributed by atoms with van der Waals surface area (Å²) in [5.41, 5.74) is 1.20. The molecule has 2 aliphatic rings. The van der Waals surface area contributed by atoms with Crippen LogP contribution in [0, 0.1) is 0 Å². The Morgan fingerprint density at radius 1 is 1.20 bits per heavy atom. The van der Waals surface area contributed by atoms with Gasteiger partial charge < -0.3 is 9.47 Å². The highest BCUT2D eigenvalue weighted by Gasteiger charge is 2.43. The fourth-order valence-electron chi connectivity index (χ4n) is 2.93. The Hall–Kier alpha value is -1.10. The number of hydrogen-bond acceptors (Lipinski definition) is 4. The van der Waals surface area contributed by atoms with Crippen LogP contribution in [0.1, 0.15) is 44.1 Å². The maximum absolute atomic E-state index is 5.95. The van der Waals surface area contributed by atoms with E-state index in [4.69, 9.17) is 19.2 Å². The van der Waals surface area contributed by atoms with E-state index in [1.165, 1.54) is 5.56 Å². The number of methoxy groups -OCH3 is 1. The van der Waals surface area contributed by atoms with Gasteiger partial charge in [-0.3, -0.25) is 0 Å². The Kier molecular flexibility index (Phi) is 3.96. The van der Waals surface area contributed by atoms with Crippen LogP contribution in [0.2, 0.25) is 0 Å². The van der Waals surface area contributed by atoms with E-state index in [-0.39, 0.29) is 12.0 Å². The van der Waals surface area contributed by atoms with Crippen molar-refractivity contribution in [2.24, 2.45) is 0 Å². The van der Waals surface area contributed by atoms with Crippen LogP contribution in [0.4, 0.5) is 0 Å². The molecule has 0 bridgehead atoms. The third-order valence-corrected chi connectivity index (χ3v) is 4.40. The van der Waals surface area contributed by atoms with Crippen LogP contribution in [0.5, 0.6) is 5.75 Å². The first-order valence-corrected chi connectivity index (χ1v) is 7.35. The van der Waals surface area contributed by atoms with Crippen molar-refractivity contribution in [2.45, 2.75) is 50.4 Å². The first kappa shape index (κ1) is 13.9. The standard InChI is InChI=1S/C16H22O4/c1-12(13-5-7-14(17-2)8-6-13)15-11-18-16(20-19-15)9-3-4-10-16/h5-8,12,15H,3-4,9-11H2,1-2H3. The molecule has 3 rings (SSSR count). The van der Waals surface area contributed by atoms with Gasteiger partial charge in [-0.2, -0.15) is 0 Å². The molecule has 1 spiro atoms. The number of benzene rings is 1. The van der Waals surface area contributed by atoms with Crippen LogP contribution < -0.4 is 4.74 Å². The number of rotatable bonds is 3. The molecule has 0 radical (unpaired) electrons. The molecular weight excluding hydrogens is 256 g/mol. The third kappa shape index (κ3) is 2.68. The molecule has 1 saturated carbocycles. The molecule has 2 unspecified atom stereocenters. The second-order valence-corrected chi connectivity index (χ2v) is 5.71. The van der Waals surface area contributed by atoms with E-state index >= 15 is 0 Å². The molecule has 1 heterocycles. The molecule has 4 nitrogen and oxygen atoms in total. The van der Waals surface area contributed by atoms with Gasteiger partial charge in [0, 0.05) is 18.8 Å². The van der Waals surface area contributed by atoms with Gasteiger partial charge in [-0.15, -0.1) is 0 Å². The summed E-state index contributed by atoms with van der Waals surface area (Å²) in [7, 11) is 1.67. The van der Waals surface area contributed by atoms with Gasteiger partial charge in [-0.05, 0) is 30.5 Å². The van der Waals surface area contributed by atoms with E-state index in [2.05, 4.69) is 19.1 Å². The van der Waals surface area contributed by atoms with Crippen LogP contribution in [0.3, 0.4) is 0 Å². The Bertz CT molecular complexity index is 426. The average Bonchev–Trinajstić information content (AvgIpc) is 2.96. The van der Waals surface area contributed by atoms with Crippen molar-refractivity contribution in [3.8, 4) is 5.75 Å². The van der Waals surface area contributed by atoms with Crippen LogP contribution >= 0.6 is 0 Å². The van der Waals surface area contributed by atoms with Crippen LogP contribution in [-0.2, 0) is 14.5 Å². The Balaban J connectivity index is 1.61. The molecule has 1 aliphatic carbocycles. The second-order valence-electron chi connectivity index (χ2n) is 5.71. The van der Waals surface area contributed by atoms with E-state index in [0.29, 0.717) is 6.61 Å². The fourth-order valence-corrected chi connectivity index (χ4v) is 2.93. The molecule has 0 aromatic heterocycles. The van der Waals surface area contributed by atoms with Gasteiger partial charge in [0.2, 0.25) is 5.79 Å². The average molecular weight is 278 g/mol. The lowest BCUT2D eigenvalue weighted by Crippen LogP contribution is -2.44. The predicted molar refractivity (Wildman–Crippen MR) is 74.5 cm³/mol. The Morgan fingerprint density at radius 3 is 2.45 bits per heavy atom. The van der Waals surface area contributed by atoms with Gasteiger partial charge >= 0.3 is 0 Å². The van der Waals surface area contributed by atoms with Crippen molar-refractivity contribution in [1.82, 2.24) is 0 Å². The highest BCUT2D eigenvalue weighted by Crippen LogP contribution is 2.39. The normalized spacial score (nSPS) is 26.6. The molecule has 0 N–H and O–H groups in total. The highest BCUT2D eigenvalue weighted by molar-refractivity contribution is 5.29. The second kappa shape index (κ2) is 5.72. The van der Waals surface area contributed by atoms with E-state index in [1.807, 2.05) is 12.1 Å². The van der Waals surface area contributed by atoms with E-state index in [1.54, 1.807) is 7.11 Å². The highest BCUT2D eigenvalue weighted by atomic mass is 17.2. The summed E-state index contributed by atoms with van der Waals surface area (Å²) in [6.07, 6.45) is 4.13. The zero-order valence-corrected chi connectivity index (χ0v) is 12.1. The summed E-state index contributed by atoms with van der Waals surface area (Å²) in [4.78, 5) is 11.2. The summed E-state index contributed by atoms with van der Waals surface area (Å²) < 4.78 is 11.1. The molecule has 4 heteroatoms. The van der Waals surface area contributed by atoms with E-state index in [9.17, 15) is 0 Å². The van der Waals surface area contributed by atoms with Gasteiger partial charge in [0.15, 0.2) is 0 Å². The van der Waals surface area contributed by atoms with Crippen LogP contribution in [-0.4, -0.2) is 25.6 Å². The quantitative estimate of drug-likeness (QED) is 0.794. The molecule has 1 aromatic rings. The molecule has 0 amide bonds. The zero-order valence-electron chi connectivity index (χ0n) is 12.1. The summed E-state index contributed by atoms with van der Waals surface area (Å²) in [5.74, 6) is 0.624. The lowest BCUT2D eigenvalue weighted by molar-refractivity contribution is -0.486. The number of ether oxygens (including phenoxy) is 2. The first-order chi connectivity index (χ1) is 9.72. The molecule has 2 atom stereocenters. The van der Waals surface area contributed by atoms with Crippen molar-refractivity contribution >= 4 is 0 Å². The first-order valence-electron chi connectivity index (χ1n) is 7.35. The van der Waals surface area contributed by atoms with E-state index < -0.39 is 5.79 Å². The molecule has 1 aromatic carbocycles. The zero-order chi connectivity index (χ0) is 14.0. The van der Waals surface area contributed by atoms with Crippen LogP contribution in [0.15, 0.2) is 24.3 Å². The van der Waals surface area contributed by atoms with Gasteiger partial charge in [0.25, 0.3) is 0 Å². The topological polar surface area (TPSA) is 36.9 Å². The van der Waals surface area contributed by atoms with Crippen LogP contribution in [0.25, 0.3) is 0 Å². The molecular formula is C16H22O4. The van der Waals surface area contributed by atoms with Crippen molar-refractivity contribution in [2.75, 3.05) is 13.7 Å². The van der Waals surface area contributed by atoms with Crippen molar-refractivity contribution in [1.29, 1.82) is 0 Å². The molecule has 20 heavy (non-hydrogen) atoms. The summed E-state index contributed by atoms with van der Waals surface area (Å²) in [6, 6.07) is 8.06. The van der Waals surface area contributed by atoms with Crippen molar-refractivity contribution < 1.29 is 19.2 Å². The monoisotopic (exact) mass is 278 g/mol. The lowest BCUT2D eigenvalue weighted by atomic mass is 9.95. The minimum Gasteiger partial charge on any atom is -0.497 e. The van der Waals surface area contributed by atoms with Crippen molar-refractivity contribution in [3.05, 3.63) is 29.8 Å². The predicted octanol–water partition coefficient (Wildman–Crippen LogP) is 3.42. The van der Waals surface area contributed by atoms with Gasteiger partial charge in [-0.1, -0.05) is 19.1 Å². The molecule has 110 valence electrons. The SMILES string of the molecule is COc1ccc(C(C)C2COC3(CCCC3)OO2)cc1. The lowest BCUT2D eigenvalue weighted by Gasteiger charge is -2.38. The summed E-state index contributed by atoms with van der Waals surface area (Å²) in [6.45, 7) is 2.72. The van der Waals surface area contributed by atoms with Crippen molar-refractivity contribution in [3.63, 3.8) is 0 Å². The van der Waals surface area contributed by atoms with Gasteiger partial charge in [-0.25, -0.2) is 9.78 Å². The minimum absolute atomic E-state index is 0.0605. The van der Waals surface area contributed by atoms with E-state index in [0.717, 1.165) is 31.4 Å². The molecule has 2 fully saturated rings. The third-order valence-electron chi connectivity index (χ3n) is 4.40. The summed E-state index contributed by atoms with van der Waals surface area (Å²) >= 11 is 0. The molecule has 1 saturated heterocycles. The minimum atomic E-state index is -0.462. The largest absolute Gasteiger partial charge is 0.497 e. The summed E-state index contributed by atoms with van der Waals surface area (Å²) in [5, 5.41) is 0. The Labute approximate surface area is 119 Å². The smallest absolute Gasteiger partial charge is 0.201 e. The maximum Gasteiger partial charge on any atom is 0.201 e. The maximum atomic E-state index is 5.95. The number of hydrogen-bond donors (Lipinski definition) is 0.